The Labute approximate surface area is 271 Å². The van der Waals surface area contributed by atoms with E-state index in [1.54, 1.807) is 0 Å². The number of hydrogen-bond acceptors (Lipinski definition) is 7. The molecule has 2 aliphatic rings. The second kappa shape index (κ2) is 14.5. The van der Waals surface area contributed by atoms with Crippen LogP contribution in [-0.2, 0) is 24.5 Å². The number of pyridine rings is 1. The fourth-order valence-corrected chi connectivity index (χ4v) is 7.45. The summed E-state index contributed by atoms with van der Waals surface area (Å²) < 4.78 is 15.2. The third-order valence-corrected chi connectivity index (χ3v) is 10.0. The molecule has 3 atom stereocenters. The second-order valence-corrected chi connectivity index (χ2v) is 15.4. The molecule has 0 bridgehead atoms. The van der Waals surface area contributed by atoms with Gasteiger partial charge in [0, 0.05) is 60.3 Å². The topological polar surface area (TPSA) is 95.0 Å². The lowest BCUT2D eigenvalue weighted by Crippen LogP contribution is -2.42. The van der Waals surface area contributed by atoms with Crippen molar-refractivity contribution in [2.24, 2.45) is 0 Å². The molecule has 0 radical (unpaired) electrons. The minimum absolute atomic E-state index is 0.0297. The molecule has 8 nitrogen and oxygen atoms in total. The molecule has 0 aliphatic carbocycles. The molecule has 3 heterocycles. The van der Waals surface area contributed by atoms with Crippen LogP contribution in [0.4, 0.5) is 0 Å². The summed E-state index contributed by atoms with van der Waals surface area (Å²) in [7, 11) is 3.96. The first kappa shape index (κ1) is 33.1. The van der Waals surface area contributed by atoms with Crippen LogP contribution in [-0.4, -0.2) is 85.8 Å². The Kier molecular flexibility index (Phi) is 10.7. The molecule has 2 aromatic carbocycles. The van der Waals surface area contributed by atoms with E-state index >= 15 is 0 Å². The van der Waals surface area contributed by atoms with E-state index in [4.69, 9.17) is 4.98 Å². The maximum Gasteiger partial charge on any atom is 0.270 e. The van der Waals surface area contributed by atoms with Gasteiger partial charge in [-0.3, -0.25) is 14.6 Å². The average Bonchev–Trinajstić information content (AvgIpc) is 3.60. The number of nitrogens with one attached hydrogen (secondary N) is 1. The molecule has 1 fully saturated rings. The zero-order chi connectivity index (χ0) is 32.1. The number of likely N-dealkylation sites (tertiary alicyclic amines) is 1. The number of aliphatic hydroxyl groups excluding tert-OH is 1. The Morgan fingerprint density at radius 1 is 1.16 bits per heavy atom. The van der Waals surface area contributed by atoms with Gasteiger partial charge in [0.1, 0.15) is 10.4 Å². The molecule has 238 valence electrons. The monoisotopic (exact) mass is 627 g/mol. The lowest BCUT2D eigenvalue weighted by Gasteiger charge is -2.33. The Morgan fingerprint density at radius 2 is 1.93 bits per heavy atom. The number of hydrogen-bond donors (Lipinski definition) is 2. The van der Waals surface area contributed by atoms with Crippen molar-refractivity contribution in [3.63, 3.8) is 0 Å². The number of fused-ring (bicyclic) bond motifs is 1. The smallest absolute Gasteiger partial charge is 0.270 e. The molecule has 1 saturated heterocycles. The van der Waals surface area contributed by atoms with Crippen molar-refractivity contribution >= 4 is 17.3 Å². The van der Waals surface area contributed by atoms with Crippen molar-refractivity contribution < 1.29 is 14.5 Å². The van der Waals surface area contributed by atoms with Gasteiger partial charge in [-0.15, -0.1) is 4.31 Å². The minimum Gasteiger partial charge on any atom is -0.597 e. The quantitative estimate of drug-likeness (QED) is 0.269. The number of rotatable bonds is 9. The van der Waals surface area contributed by atoms with Gasteiger partial charge in [0.05, 0.1) is 24.8 Å². The second-order valence-electron chi connectivity index (χ2n) is 13.2. The van der Waals surface area contributed by atoms with Crippen LogP contribution in [0.1, 0.15) is 72.4 Å². The predicted molar refractivity (Wildman–Crippen MR) is 181 cm³/mol. The van der Waals surface area contributed by atoms with Gasteiger partial charge in [0.25, 0.3) is 5.91 Å². The highest BCUT2D eigenvalue weighted by Crippen LogP contribution is 2.45. The Balaban J connectivity index is 1.47. The van der Waals surface area contributed by atoms with Gasteiger partial charge in [-0.05, 0) is 77.0 Å². The van der Waals surface area contributed by atoms with Gasteiger partial charge in [-0.1, -0.05) is 54.3 Å². The van der Waals surface area contributed by atoms with E-state index in [2.05, 4.69) is 46.3 Å². The van der Waals surface area contributed by atoms with Gasteiger partial charge in [0.2, 0.25) is 0 Å². The molecule has 5 rings (SSSR count). The fourth-order valence-electron chi connectivity index (χ4n) is 6.04. The third-order valence-electron chi connectivity index (χ3n) is 8.14. The molecular formula is C36H45N5O3S. The summed E-state index contributed by atoms with van der Waals surface area (Å²) >= 11 is -1.33. The van der Waals surface area contributed by atoms with Crippen LogP contribution in [0.15, 0.2) is 60.7 Å². The lowest BCUT2D eigenvalue weighted by molar-refractivity contribution is 0.0932. The summed E-state index contributed by atoms with van der Waals surface area (Å²) in [5.41, 5.74) is 5.83. The van der Waals surface area contributed by atoms with Crippen LogP contribution >= 0.6 is 0 Å². The number of amides is 1. The van der Waals surface area contributed by atoms with E-state index in [9.17, 15) is 14.5 Å². The molecule has 0 spiro atoms. The molecule has 1 aromatic heterocycles. The summed E-state index contributed by atoms with van der Waals surface area (Å²) in [6.45, 7) is 9.43. The predicted octanol–water partition coefficient (Wildman–Crippen LogP) is 4.37. The number of aliphatic hydroxyl groups is 1. The average molecular weight is 628 g/mol. The normalized spacial score (nSPS) is 19.3. The van der Waals surface area contributed by atoms with E-state index in [0.717, 1.165) is 48.3 Å². The summed E-state index contributed by atoms with van der Waals surface area (Å²) in [5, 5.41) is 13.3. The fraction of sp³-hybridized carbons (Fsp3) is 0.444. The van der Waals surface area contributed by atoms with Gasteiger partial charge in [-0.2, -0.15) is 0 Å². The summed E-state index contributed by atoms with van der Waals surface area (Å²) in [6, 6.07) is 19.9. The molecule has 1 amide bonds. The molecule has 2 N–H and O–H groups in total. The van der Waals surface area contributed by atoms with E-state index in [0.29, 0.717) is 30.9 Å². The third kappa shape index (κ3) is 8.14. The van der Waals surface area contributed by atoms with Gasteiger partial charge in [-0.25, -0.2) is 4.98 Å². The molecule has 2 aliphatic heterocycles. The molecular weight excluding hydrogens is 582 g/mol. The number of nitrogens with zero attached hydrogens (tertiary/aromatic N) is 4. The largest absolute Gasteiger partial charge is 0.597 e. The van der Waals surface area contributed by atoms with Crippen LogP contribution in [0.25, 0.3) is 11.3 Å². The van der Waals surface area contributed by atoms with E-state index < -0.39 is 16.1 Å². The minimum atomic E-state index is -1.33. The van der Waals surface area contributed by atoms with Crippen molar-refractivity contribution in [1.29, 1.82) is 0 Å². The van der Waals surface area contributed by atoms with E-state index in [1.807, 2.05) is 80.5 Å². The molecule has 45 heavy (non-hydrogen) atoms. The Bertz CT molecular complexity index is 1550. The summed E-state index contributed by atoms with van der Waals surface area (Å²) in [5.74, 6) is 6.23. The summed E-state index contributed by atoms with van der Waals surface area (Å²) in [4.78, 5) is 23.1. The van der Waals surface area contributed by atoms with Crippen molar-refractivity contribution in [2.45, 2.75) is 63.5 Å². The van der Waals surface area contributed by atoms with Crippen LogP contribution < -0.4 is 5.32 Å². The Hall–Kier alpha value is -3.23. The summed E-state index contributed by atoms with van der Waals surface area (Å²) in [6.07, 6.45) is 1.29. The van der Waals surface area contributed by atoms with Crippen molar-refractivity contribution in [3.8, 4) is 23.1 Å². The highest BCUT2D eigenvalue weighted by atomic mass is 32.2. The SMILES string of the molecule is CN(C)CC#Cc1cccc(-c2nc(C(=O)N[C@@H]3CCN(Cc4ccccc4)C3)cc3c2[C@@H](CCO)N([S@+]([O-])C(C)(C)C)C3)c1. The van der Waals surface area contributed by atoms with Crippen molar-refractivity contribution in [2.75, 3.05) is 40.3 Å². The molecule has 0 unspecified atom stereocenters. The van der Waals surface area contributed by atoms with Crippen LogP contribution in [0.2, 0.25) is 0 Å². The lowest BCUT2D eigenvalue weighted by atomic mass is 9.95. The van der Waals surface area contributed by atoms with Crippen LogP contribution in [0.3, 0.4) is 0 Å². The first-order valence-corrected chi connectivity index (χ1v) is 16.8. The molecule has 0 saturated carbocycles. The molecule has 3 aromatic rings. The number of aromatic nitrogens is 1. The van der Waals surface area contributed by atoms with Crippen LogP contribution in [0.5, 0.6) is 0 Å². The first-order valence-electron chi connectivity index (χ1n) is 15.7. The number of carbonyl (C=O) groups excluding carboxylic acids is 1. The van der Waals surface area contributed by atoms with E-state index in [-0.39, 0.29) is 24.6 Å². The zero-order valence-electron chi connectivity index (χ0n) is 27.0. The van der Waals surface area contributed by atoms with Crippen molar-refractivity contribution in [1.82, 2.24) is 24.4 Å². The highest BCUT2D eigenvalue weighted by molar-refractivity contribution is 7.90. The van der Waals surface area contributed by atoms with E-state index in [1.165, 1.54) is 5.56 Å². The maximum atomic E-state index is 13.8. The van der Waals surface area contributed by atoms with Crippen LogP contribution in [0, 0.1) is 11.8 Å². The van der Waals surface area contributed by atoms with Crippen molar-refractivity contribution in [3.05, 3.63) is 88.6 Å². The van der Waals surface area contributed by atoms with Gasteiger partial charge in [0.15, 0.2) is 0 Å². The zero-order valence-corrected chi connectivity index (χ0v) is 27.9. The standard InChI is InChI=1S/C36H45N5O3S/c1-36(2,3)45(44)41-24-29-22-31(35(43)37-30-16-19-40(25-30)23-27-11-7-6-8-12-27)38-34(33(29)32(41)17-20-42)28-15-9-13-26(21-28)14-10-18-39(4)5/h6-9,11-13,15,21-22,30,32,42H,16-20,23-25H2,1-5H3,(H,37,43)/t30-,32-,45-/m1/s1. The number of carbonyl (C=O) groups is 1. The number of benzene rings is 2. The maximum absolute atomic E-state index is 13.8. The Morgan fingerprint density at radius 3 is 2.64 bits per heavy atom. The van der Waals surface area contributed by atoms with Gasteiger partial charge < -0.3 is 15.0 Å². The first-order chi connectivity index (χ1) is 21.5. The highest BCUT2D eigenvalue weighted by Gasteiger charge is 2.45. The van der Waals surface area contributed by atoms with Gasteiger partial charge >= 0.3 is 0 Å². The molecule has 9 heteroatoms.